The first kappa shape index (κ1) is 15.3. The van der Waals surface area contributed by atoms with Gasteiger partial charge in [0.2, 0.25) is 5.90 Å². The molecule has 1 N–H and O–H groups in total. The highest BCUT2D eigenvalue weighted by Gasteiger charge is 2.21. The highest BCUT2D eigenvalue weighted by atomic mass is 16.5. The maximum atomic E-state index is 9.30. The number of benzene rings is 3. The van der Waals surface area contributed by atoms with E-state index in [1.54, 1.807) is 24.3 Å². The van der Waals surface area contributed by atoms with Gasteiger partial charge in [-0.25, -0.2) is 4.99 Å². The maximum absolute atomic E-state index is 9.30. The van der Waals surface area contributed by atoms with Crippen molar-refractivity contribution in [2.75, 3.05) is 6.61 Å². The summed E-state index contributed by atoms with van der Waals surface area (Å²) in [7, 11) is 0. The van der Waals surface area contributed by atoms with E-state index in [1.807, 2.05) is 42.5 Å². The van der Waals surface area contributed by atoms with E-state index in [0.717, 1.165) is 11.1 Å². The van der Waals surface area contributed by atoms with Crippen molar-refractivity contribution in [3.05, 3.63) is 90.0 Å². The summed E-state index contributed by atoms with van der Waals surface area (Å²) in [5.41, 5.74) is 2.08. The van der Waals surface area contributed by atoms with Gasteiger partial charge in [-0.1, -0.05) is 30.3 Å². The molecule has 124 valence electrons. The Morgan fingerprint density at radius 1 is 0.840 bits per heavy atom. The Hall–Kier alpha value is -3.27. The largest absolute Gasteiger partial charge is 0.508 e. The van der Waals surface area contributed by atoms with Crippen molar-refractivity contribution in [3.8, 4) is 17.2 Å². The molecule has 4 rings (SSSR count). The molecule has 0 saturated carbocycles. The van der Waals surface area contributed by atoms with Crippen molar-refractivity contribution >= 4 is 5.90 Å². The Morgan fingerprint density at radius 2 is 1.48 bits per heavy atom. The smallest absolute Gasteiger partial charge is 0.216 e. The second-order valence-corrected chi connectivity index (χ2v) is 5.79. The number of hydrogen-bond donors (Lipinski definition) is 1. The lowest BCUT2D eigenvalue weighted by molar-refractivity contribution is 0.320. The van der Waals surface area contributed by atoms with Crippen molar-refractivity contribution in [1.82, 2.24) is 0 Å². The fourth-order valence-electron chi connectivity index (χ4n) is 2.69. The minimum absolute atomic E-state index is 0.0455. The fraction of sp³-hybridized carbons (Fsp3) is 0.0952. The number of phenolic OH excluding ortho intramolecular Hbond substituents is 1. The lowest BCUT2D eigenvalue weighted by atomic mass is 10.1. The van der Waals surface area contributed by atoms with Gasteiger partial charge in [0.1, 0.15) is 29.9 Å². The summed E-state index contributed by atoms with van der Waals surface area (Å²) in [5.74, 6) is 2.26. The predicted octanol–water partition coefficient (Wildman–Crippen LogP) is 4.70. The molecule has 25 heavy (non-hydrogen) atoms. The summed E-state index contributed by atoms with van der Waals surface area (Å²) >= 11 is 0. The lowest BCUT2D eigenvalue weighted by Gasteiger charge is -2.07. The maximum Gasteiger partial charge on any atom is 0.216 e. The Labute approximate surface area is 146 Å². The predicted molar refractivity (Wildman–Crippen MR) is 96.3 cm³/mol. The molecule has 0 aliphatic carbocycles. The van der Waals surface area contributed by atoms with Gasteiger partial charge in [-0.15, -0.1) is 0 Å². The molecule has 1 unspecified atom stereocenters. The molecule has 3 aromatic rings. The number of ether oxygens (including phenoxy) is 2. The summed E-state index contributed by atoms with van der Waals surface area (Å²) in [6, 6.07) is 24.4. The quantitative estimate of drug-likeness (QED) is 0.754. The molecule has 0 amide bonds. The molecule has 1 heterocycles. The summed E-state index contributed by atoms with van der Waals surface area (Å²) in [6.07, 6.45) is 0. The van der Waals surface area contributed by atoms with Crippen LogP contribution in [0, 0.1) is 0 Å². The summed E-state index contributed by atoms with van der Waals surface area (Å²) in [5, 5.41) is 9.30. The van der Waals surface area contributed by atoms with Crippen molar-refractivity contribution in [1.29, 1.82) is 0 Å². The first-order valence-corrected chi connectivity index (χ1v) is 8.11. The zero-order valence-corrected chi connectivity index (χ0v) is 13.5. The highest BCUT2D eigenvalue weighted by molar-refractivity contribution is 5.95. The van der Waals surface area contributed by atoms with Crippen LogP contribution in [0.5, 0.6) is 17.2 Å². The van der Waals surface area contributed by atoms with Crippen LogP contribution in [0.2, 0.25) is 0 Å². The third kappa shape index (κ3) is 3.48. The lowest BCUT2D eigenvalue weighted by Crippen LogP contribution is -2.01. The molecule has 1 aliphatic heterocycles. The summed E-state index contributed by atoms with van der Waals surface area (Å²) in [6.45, 7) is 0.561. The monoisotopic (exact) mass is 331 g/mol. The van der Waals surface area contributed by atoms with Crippen LogP contribution in [0.4, 0.5) is 0 Å². The Bertz CT molecular complexity index is 871. The van der Waals surface area contributed by atoms with Gasteiger partial charge in [0.05, 0.1) is 0 Å². The van der Waals surface area contributed by atoms with E-state index in [0.29, 0.717) is 24.0 Å². The molecule has 3 aromatic carbocycles. The summed E-state index contributed by atoms with van der Waals surface area (Å²) in [4.78, 5) is 4.68. The van der Waals surface area contributed by atoms with Gasteiger partial charge in [0.25, 0.3) is 0 Å². The molecule has 0 saturated heterocycles. The van der Waals surface area contributed by atoms with Gasteiger partial charge < -0.3 is 14.6 Å². The van der Waals surface area contributed by atoms with Gasteiger partial charge in [-0.2, -0.15) is 0 Å². The molecule has 0 radical (unpaired) electrons. The minimum Gasteiger partial charge on any atom is -0.508 e. The molecular weight excluding hydrogens is 314 g/mol. The van der Waals surface area contributed by atoms with Crippen LogP contribution >= 0.6 is 0 Å². The van der Waals surface area contributed by atoms with Gasteiger partial charge in [0.15, 0.2) is 0 Å². The molecule has 0 spiro atoms. The Morgan fingerprint density at radius 3 is 2.16 bits per heavy atom. The molecule has 0 aromatic heterocycles. The van der Waals surface area contributed by atoms with E-state index in [9.17, 15) is 5.11 Å². The number of rotatable bonds is 4. The van der Waals surface area contributed by atoms with E-state index in [-0.39, 0.29) is 11.8 Å². The number of nitrogens with zero attached hydrogens (tertiary/aromatic N) is 1. The van der Waals surface area contributed by atoms with E-state index < -0.39 is 0 Å². The SMILES string of the molecule is Oc1ccc(Oc2ccc(C3=NC(c4ccccc4)CO3)cc2)cc1. The third-order valence-corrected chi connectivity index (χ3v) is 4.01. The van der Waals surface area contributed by atoms with Gasteiger partial charge >= 0.3 is 0 Å². The second kappa shape index (κ2) is 6.69. The molecule has 0 fully saturated rings. The minimum atomic E-state index is 0.0455. The number of aliphatic imine (C=N–C) groups is 1. The van der Waals surface area contributed by atoms with Crippen molar-refractivity contribution in [2.45, 2.75) is 6.04 Å². The van der Waals surface area contributed by atoms with Crippen LogP contribution in [0.25, 0.3) is 0 Å². The normalized spacial score (nSPS) is 16.2. The first-order chi connectivity index (χ1) is 12.3. The zero-order valence-electron chi connectivity index (χ0n) is 13.5. The molecule has 4 heteroatoms. The number of hydrogen-bond acceptors (Lipinski definition) is 4. The van der Waals surface area contributed by atoms with Crippen molar-refractivity contribution in [3.63, 3.8) is 0 Å². The van der Waals surface area contributed by atoms with Gasteiger partial charge in [0, 0.05) is 5.56 Å². The van der Waals surface area contributed by atoms with Crippen LogP contribution < -0.4 is 4.74 Å². The first-order valence-electron chi connectivity index (χ1n) is 8.11. The summed E-state index contributed by atoms with van der Waals surface area (Å²) < 4.78 is 11.5. The van der Waals surface area contributed by atoms with Crippen molar-refractivity contribution in [2.24, 2.45) is 4.99 Å². The average molecular weight is 331 g/mol. The fourth-order valence-corrected chi connectivity index (χ4v) is 2.69. The third-order valence-electron chi connectivity index (χ3n) is 4.01. The molecule has 0 bridgehead atoms. The van der Waals surface area contributed by atoms with Crippen LogP contribution in [0.3, 0.4) is 0 Å². The Balaban J connectivity index is 1.48. The number of aromatic hydroxyl groups is 1. The average Bonchev–Trinajstić information content (AvgIpc) is 3.15. The molecular formula is C21H17NO3. The van der Waals surface area contributed by atoms with Crippen LogP contribution in [-0.2, 0) is 4.74 Å². The van der Waals surface area contributed by atoms with E-state index >= 15 is 0 Å². The van der Waals surface area contributed by atoms with Gasteiger partial charge in [-0.05, 0) is 54.1 Å². The topological polar surface area (TPSA) is 51.0 Å². The second-order valence-electron chi connectivity index (χ2n) is 5.79. The molecule has 1 aliphatic rings. The van der Waals surface area contributed by atoms with Crippen LogP contribution in [-0.4, -0.2) is 17.6 Å². The molecule has 4 nitrogen and oxygen atoms in total. The Kier molecular flexibility index (Phi) is 4.09. The van der Waals surface area contributed by atoms with E-state index in [1.165, 1.54) is 0 Å². The van der Waals surface area contributed by atoms with E-state index in [4.69, 9.17) is 9.47 Å². The van der Waals surface area contributed by atoms with Crippen LogP contribution in [0.15, 0.2) is 83.9 Å². The number of phenols is 1. The standard InChI is InChI=1S/C21H17NO3/c23-17-8-12-19(13-9-17)25-18-10-6-16(7-11-18)21-22-20(14-24-21)15-4-2-1-3-5-15/h1-13,20,23H,14H2. The molecule has 1 atom stereocenters. The van der Waals surface area contributed by atoms with Gasteiger partial charge in [-0.3, -0.25) is 0 Å². The highest BCUT2D eigenvalue weighted by Crippen LogP contribution is 2.27. The van der Waals surface area contributed by atoms with Crippen LogP contribution in [0.1, 0.15) is 17.2 Å². The zero-order chi connectivity index (χ0) is 17.1. The van der Waals surface area contributed by atoms with Crippen molar-refractivity contribution < 1.29 is 14.6 Å². The van der Waals surface area contributed by atoms with E-state index in [2.05, 4.69) is 17.1 Å².